The second-order valence-electron chi connectivity index (χ2n) is 11.5. The summed E-state index contributed by atoms with van der Waals surface area (Å²) >= 11 is 7.67. The molecule has 2 aliphatic heterocycles. The summed E-state index contributed by atoms with van der Waals surface area (Å²) in [5, 5.41) is 19.3. The fourth-order valence-electron chi connectivity index (χ4n) is 5.98. The predicted octanol–water partition coefficient (Wildman–Crippen LogP) is 4.84. The number of aliphatic hydroxyl groups excluding tert-OH is 1. The van der Waals surface area contributed by atoms with E-state index in [1.165, 1.54) is 30.2 Å². The van der Waals surface area contributed by atoms with Gasteiger partial charge >= 0.3 is 0 Å². The zero-order valence-electron chi connectivity index (χ0n) is 24.5. The van der Waals surface area contributed by atoms with Crippen LogP contribution in [0.1, 0.15) is 62.6 Å². The SMILES string of the molecule is C[C@H](N)CCCc1cc(Cl)c(F)c(-c2cc3c([nH]2)=NC(O)N(c2ccc([C@@H]4CCCCN4CCCSC(=N)N)cc2)C=3)c1. The lowest BCUT2D eigenvalue weighted by atomic mass is 9.95. The number of halogens is 2. The summed E-state index contributed by atoms with van der Waals surface area (Å²) in [5.41, 5.74) is 15.8. The molecule has 1 saturated heterocycles. The summed E-state index contributed by atoms with van der Waals surface area (Å²) < 4.78 is 15.1. The third-order valence-electron chi connectivity index (χ3n) is 8.14. The Morgan fingerprint density at radius 2 is 2.02 bits per heavy atom. The van der Waals surface area contributed by atoms with Crippen LogP contribution < -0.4 is 27.1 Å². The molecule has 43 heavy (non-hydrogen) atoms. The van der Waals surface area contributed by atoms with Gasteiger partial charge in [0.25, 0.3) is 0 Å². The molecule has 0 radical (unpaired) electrons. The number of nitrogens with zero attached hydrogens (tertiary/aromatic N) is 3. The Balaban J connectivity index is 1.33. The molecule has 0 bridgehead atoms. The number of fused-ring (bicyclic) bond motifs is 1. The van der Waals surface area contributed by atoms with Crippen molar-refractivity contribution in [2.45, 2.75) is 70.3 Å². The molecule has 0 spiro atoms. The fraction of sp³-hybridized carbons (Fsp3) is 0.438. The number of nitrogens with two attached hydrogens (primary N) is 2. The minimum Gasteiger partial charge on any atom is -0.379 e. The second kappa shape index (κ2) is 14.3. The van der Waals surface area contributed by atoms with Crippen LogP contribution in [0.4, 0.5) is 10.1 Å². The molecular weight excluding hydrogens is 585 g/mol. The number of anilines is 1. The molecule has 1 aromatic heterocycles. The largest absolute Gasteiger partial charge is 0.379 e. The maximum Gasteiger partial charge on any atom is 0.231 e. The monoisotopic (exact) mass is 625 g/mol. The number of benzene rings is 2. The van der Waals surface area contributed by atoms with E-state index >= 15 is 4.39 Å². The average molecular weight is 626 g/mol. The standard InChI is InChI=1S/C32H41ClFN7OS/c1-20(35)6-4-7-21-16-25(29(34)26(33)17-21)27-18-23-19-41(32(42)39-30(23)38-27)24-11-9-22(10-12-24)28-8-2-3-13-40(28)14-5-15-43-31(36)37/h9-12,16-20,28,32,42H,2-8,13-15,35H2,1H3,(H3,36,37)(H,38,39)/t20-,28-,32?/m0/s1. The van der Waals surface area contributed by atoms with Crippen molar-refractivity contribution in [2.24, 2.45) is 16.5 Å². The number of aliphatic hydroxyl groups is 1. The van der Waals surface area contributed by atoms with Gasteiger partial charge in [-0.25, -0.2) is 9.38 Å². The first kappa shape index (κ1) is 31.5. The number of rotatable bonds is 11. The van der Waals surface area contributed by atoms with E-state index in [1.54, 1.807) is 11.0 Å². The first-order valence-corrected chi connectivity index (χ1v) is 16.4. The van der Waals surface area contributed by atoms with Gasteiger partial charge < -0.3 is 26.5 Å². The third kappa shape index (κ3) is 7.80. The highest BCUT2D eigenvalue weighted by atomic mass is 35.5. The lowest BCUT2D eigenvalue weighted by molar-refractivity contribution is 0.149. The summed E-state index contributed by atoms with van der Waals surface area (Å²) in [4.78, 5) is 11.9. The Labute approximate surface area is 261 Å². The number of H-pyrrole nitrogens is 1. The molecule has 3 atom stereocenters. The highest BCUT2D eigenvalue weighted by Crippen LogP contribution is 2.33. The molecule has 5 rings (SSSR count). The maximum absolute atomic E-state index is 15.1. The van der Waals surface area contributed by atoms with Crippen LogP contribution in [0.25, 0.3) is 17.5 Å². The molecule has 2 aromatic carbocycles. The molecule has 230 valence electrons. The summed E-state index contributed by atoms with van der Waals surface area (Å²) in [7, 11) is 0. The van der Waals surface area contributed by atoms with Crippen LogP contribution in [-0.2, 0) is 6.42 Å². The molecule has 8 nitrogen and oxygen atoms in total. The smallest absolute Gasteiger partial charge is 0.231 e. The van der Waals surface area contributed by atoms with E-state index in [0.717, 1.165) is 67.4 Å². The van der Waals surface area contributed by atoms with Gasteiger partial charge in [0.05, 0.1) is 10.7 Å². The number of hydrogen-bond acceptors (Lipinski definition) is 7. The van der Waals surface area contributed by atoms with Crippen molar-refractivity contribution in [1.29, 1.82) is 5.41 Å². The molecule has 2 aliphatic rings. The molecular formula is C32H41ClFN7OS. The number of amidine groups is 1. The van der Waals surface area contributed by atoms with Crippen molar-refractivity contribution in [3.63, 3.8) is 0 Å². The van der Waals surface area contributed by atoms with Gasteiger partial charge in [-0.05, 0) is 100.0 Å². The maximum atomic E-state index is 15.1. The van der Waals surface area contributed by atoms with E-state index in [2.05, 4.69) is 27.0 Å². The van der Waals surface area contributed by atoms with Gasteiger partial charge in [-0.3, -0.25) is 10.3 Å². The first-order valence-electron chi connectivity index (χ1n) is 15.0. The van der Waals surface area contributed by atoms with Gasteiger partial charge in [-0.15, -0.1) is 0 Å². The van der Waals surface area contributed by atoms with Crippen molar-refractivity contribution in [2.75, 3.05) is 23.7 Å². The molecule has 11 heteroatoms. The lowest BCUT2D eigenvalue weighted by Gasteiger charge is -2.36. The Kier molecular flexibility index (Phi) is 10.5. The van der Waals surface area contributed by atoms with Crippen molar-refractivity contribution in [3.05, 3.63) is 75.1 Å². The van der Waals surface area contributed by atoms with Crippen molar-refractivity contribution < 1.29 is 9.50 Å². The number of hydrogen-bond donors (Lipinski definition) is 5. The normalized spacial score (nSPS) is 19.4. The minimum atomic E-state index is -1.12. The number of likely N-dealkylation sites (tertiary alicyclic amines) is 1. The van der Waals surface area contributed by atoms with Gasteiger partial charge in [0.15, 0.2) is 11.0 Å². The predicted molar refractivity (Wildman–Crippen MR) is 175 cm³/mol. The number of piperidine rings is 1. The first-order chi connectivity index (χ1) is 20.7. The summed E-state index contributed by atoms with van der Waals surface area (Å²) in [6.45, 7) is 4.02. The molecule has 0 aliphatic carbocycles. The lowest BCUT2D eigenvalue weighted by Crippen LogP contribution is -2.41. The summed E-state index contributed by atoms with van der Waals surface area (Å²) in [6.07, 6.45) is 7.74. The third-order valence-corrected chi connectivity index (χ3v) is 9.22. The molecule has 1 unspecified atom stereocenters. The van der Waals surface area contributed by atoms with E-state index in [9.17, 15) is 5.11 Å². The Morgan fingerprint density at radius 1 is 1.23 bits per heavy atom. The van der Waals surface area contributed by atoms with E-state index < -0.39 is 12.2 Å². The summed E-state index contributed by atoms with van der Waals surface area (Å²) in [6, 6.07) is 14.1. The van der Waals surface area contributed by atoms with Crippen LogP contribution in [0, 0.1) is 11.2 Å². The number of aromatic nitrogens is 1. The zero-order chi connectivity index (χ0) is 30.5. The van der Waals surface area contributed by atoms with E-state index in [0.29, 0.717) is 22.8 Å². The van der Waals surface area contributed by atoms with Crippen LogP contribution in [0.15, 0.2) is 47.5 Å². The Morgan fingerprint density at radius 3 is 2.77 bits per heavy atom. The van der Waals surface area contributed by atoms with Crippen LogP contribution in [0.2, 0.25) is 5.02 Å². The summed E-state index contributed by atoms with van der Waals surface area (Å²) in [5.74, 6) is 0.366. The number of aromatic amines is 1. The number of aryl methyl sites for hydroxylation is 1. The molecule has 7 N–H and O–H groups in total. The highest BCUT2D eigenvalue weighted by Gasteiger charge is 2.25. The van der Waals surface area contributed by atoms with Crippen LogP contribution in [0.3, 0.4) is 0 Å². The van der Waals surface area contributed by atoms with E-state index in [1.807, 2.05) is 37.4 Å². The van der Waals surface area contributed by atoms with Crippen molar-refractivity contribution in [1.82, 2.24) is 9.88 Å². The van der Waals surface area contributed by atoms with Gasteiger partial charge in [-0.1, -0.05) is 41.9 Å². The number of nitrogens with one attached hydrogen (secondary N) is 2. The van der Waals surface area contributed by atoms with Crippen LogP contribution in [-0.4, -0.2) is 51.4 Å². The van der Waals surface area contributed by atoms with Gasteiger partial charge in [0, 0.05) is 40.5 Å². The van der Waals surface area contributed by atoms with E-state index in [4.69, 9.17) is 28.5 Å². The van der Waals surface area contributed by atoms with Crippen molar-refractivity contribution >= 4 is 40.4 Å². The number of thioether (sulfide) groups is 1. The Bertz CT molecular complexity index is 1540. The molecule has 0 saturated carbocycles. The van der Waals surface area contributed by atoms with Crippen LogP contribution >= 0.6 is 23.4 Å². The van der Waals surface area contributed by atoms with Gasteiger partial charge in [-0.2, -0.15) is 0 Å². The van der Waals surface area contributed by atoms with Crippen LogP contribution in [0.5, 0.6) is 0 Å². The minimum absolute atomic E-state index is 0.0787. The second-order valence-corrected chi connectivity index (χ2v) is 13.1. The zero-order valence-corrected chi connectivity index (χ0v) is 26.1. The van der Waals surface area contributed by atoms with Crippen molar-refractivity contribution in [3.8, 4) is 11.3 Å². The molecule has 3 aromatic rings. The average Bonchev–Trinajstić information content (AvgIpc) is 3.39. The molecule has 3 heterocycles. The fourth-order valence-corrected chi connectivity index (χ4v) is 6.72. The van der Waals surface area contributed by atoms with E-state index in [-0.39, 0.29) is 16.2 Å². The Hall–Kier alpha value is -2.89. The topological polar surface area (TPSA) is 131 Å². The quantitative estimate of drug-likeness (QED) is 0.118. The molecule has 0 amide bonds. The highest BCUT2D eigenvalue weighted by molar-refractivity contribution is 8.13. The van der Waals surface area contributed by atoms with Gasteiger partial charge in [0.2, 0.25) is 6.35 Å². The molecule has 1 fully saturated rings. The van der Waals surface area contributed by atoms with Gasteiger partial charge in [0.1, 0.15) is 5.49 Å².